The number of nitrogens with zero attached hydrogens (tertiary/aromatic N) is 2. The van der Waals surface area contributed by atoms with Crippen LogP contribution in [-0.4, -0.2) is 45.2 Å². The fourth-order valence-corrected chi connectivity index (χ4v) is 5.00. The number of carbonyl (C=O) groups excluding carboxylic acids is 2. The Morgan fingerprint density at radius 1 is 1.15 bits per heavy atom. The van der Waals surface area contributed by atoms with Crippen molar-refractivity contribution in [2.75, 3.05) is 13.1 Å². The zero-order valence-electron chi connectivity index (χ0n) is 18.9. The van der Waals surface area contributed by atoms with E-state index < -0.39 is 5.60 Å². The van der Waals surface area contributed by atoms with Gasteiger partial charge in [-0.15, -0.1) is 0 Å². The third-order valence-corrected chi connectivity index (χ3v) is 6.79. The van der Waals surface area contributed by atoms with Crippen molar-refractivity contribution in [3.05, 3.63) is 69.1 Å². The number of aryl methyl sites for hydroxylation is 3. The number of likely N-dealkylation sites (tertiary alicyclic amines) is 1. The third kappa shape index (κ3) is 4.03. The molecule has 7 heteroatoms. The van der Waals surface area contributed by atoms with Crippen molar-refractivity contribution in [2.45, 2.75) is 51.6 Å². The number of nitrogens with one attached hydrogen (secondary N) is 1. The van der Waals surface area contributed by atoms with Crippen LogP contribution in [0.2, 0.25) is 0 Å². The van der Waals surface area contributed by atoms with Crippen molar-refractivity contribution < 1.29 is 14.3 Å². The SMILES string of the molecule is Cc1cc(C)c2c(c1)C(=O)CC1(CCN(C(=O)CCc3nc4ccccc4[nH]c3=O)CC1)O2. The van der Waals surface area contributed by atoms with Crippen LogP contribution in [0.4, 0.5) is 0 Å². The molecule has 0 aliphatic carbocycles. The van der Waals surface area contributed by atoms with Crippen molar-refractivity contribution in [1.29, 1.82) is 0 Å². The molecule has 2 aromatic carbocycles. The molecular formula is C26H27N3O4. The number of aromatic amines is 1. The largest absolute Gasteiger partial charge is 0.486 e. The van der Waals surface area contributed by atoms with Gasteiger partial charge in [-0.2, -0.15) is 0 Å². The van der Waals surface area contributed by atoms with Gasteiger partial charge in [-0.3, -0.25) is 14.4 Å². The molecule has 2 aliphatic rings. The molecule has 1 spiro atoms. The van der Waals surface area contributed by atoms with Crippen molar-refractivity contribution in [3.63, 3.8) is 0 Å². The Balaban J connectivity index is 1.23. The van der Waals surface area contributed by atoms with Crippen LogP contribution in [0.15, 0.2) is 41.2 Å². The van der Waals surface area contributed by atoms with Crippen LogP contribution in [0.1, 0.15) is 52.9 Å². The topological polar surface area (TPSA) is 92.4 Å². The Morgan fingerprint density at radius 2 is 1.91 bits per heavy atom. The van der Waals surface area contributed by atoms with E-state index in [0.29, 0.717) is 66.8 Å². The molecule has 1 N–H and O–H groups in total. The second-order valence-corrected chi connectivity index (χ2v) is 9.25. The lowest BCUT2D eigenvalue weighted by atomic mass is 9.81. The van der Waals surface area contributed by atoms with E-state index in [1.807, 2.05) is 49.1 Å². The number of hydrogen-bond acceptors (Lipinski definition) is 5. The average molecular weight is 446 g/mol. The quantitative estimate of drug-likeness (QED) is 0.666. The summed E-state index contributed by atoms with van der Waals surface area (Å²) in [5.41, 5.74) is 3.68. The van der Waals surface area contributed by atoms with Crippen molar-refractivity contribution in [3.8, 4) is 5.75 Å². The minimum Gasteiger partial charge on any atom is -0.486 e. The van der Waals surface area contributed by atoms with E-state index in [4.69, 9.17) is 4.74 Å². The third-order valence-electron chi connectivity index (χ3n) is 6.79. The van der Waals surface area contributed by atoms with E-state index in [2.05, 4.69) is 9.97 Å². The number of H-pyrrole nitrogens is 1. The first-order chi connectivity index (χ1) is 15.8. The van der Waals surface area contributed by atoms with Crippen LogP contribution in [0.5, 0.6) is 5.75 Å². The van der Waals surface area contributed by atoms with Gasteiger partial charge >= 0.3 is 0 Å². The summed E-state index contributed by atoms with van der Waals surface area (Å²) in [4.78, 5) is 47.1. The second-order valence-electron chi connectivity index (χ2n) is 9.25. The summed E-state index contributed by atoms with van der Waals surface area (Å²) in [5.74, 6) is 0.802. The molecule has 0 saturated carbocycles. The fraction of sp³-hybridized carbons (Fsp3) is 0.385. The number of carbonyl (C=O) groups is 2. The molecule has 1 aromatic heterocycles. The first kappa shape index (κ1) is 21.4. The average Bonchev–Trinajstić information content (AvgIpc) is 2.79. The Labute approximate surface area is 191 Å². The maximum absolute atomic E-state index is 12.9. The first-order valence-electron chi connectivity index (χ1n) is 11.4. The number of ether oxygens (including phenoxy) is 1. The van der Waals surface area contributed by atoms with Crippen LogP contribution in [0, 0.1) is 13.8 Å². The van der Waals surface area contributed by atoms with E-state index in [0.717, 1.165) is 11.1 Å². The molecule has 1 saturated heterocycles. The molecule has 1 fully saturated rings. The number of piperidine rings is 1. The minimum absolute atomic E-state index is 0.00597. The van der Waals surface area contributed by atoms with E-state index >= 15 is 0 Å². The van der Waals surface area contributed by atoms with Crippen LogP contribution >= 0.6 is 0 Å². The van der Waals surface area contributed by atoms with Crippen LogP contribution in [-0.2, 0) is 11.2 Å². The molecular weight excluding hydrogens is 418 g/mol. The summed E-state index contributed by atoms with van der Waals surface area (Å²) in [7, 11) is 0. The molecule has 2 aliphatic heterocycles. The number of hydrogen-bond donors (Lipinski definition) is 1. The molecule has 7 nitrogen and oxygen atoms in total. The maximum Gasteiger partial charge on any atom is 0.270 e. The van der Waals surface area contributed by atoms with Gasteiger partial charge in [0.15, 0.2) is 5.78 Å². The van der Waals surface area contributed by atoms with Crippen molar-refractivity contribution in [2.24, 2.45) is 0 Å². The minimum atomic E-state index is -0.544. The predicted octanol–water partition coefficient (Wildman–Crippen LogP) is 3.50. The number of para-hydroxylation sites is 2. The van der Waals surface area contributed by atoms with E-state index in [-0.39, 0.29) is 23.7 Å². The molecule has 3 heterocycles. The molecule has 0 bridgehead atoms. The van der Waals surface area contributed by atoms with Gasteiger partial charge in [0.05, 0.1) is 23.0 Å². The summed E-state index contributed by atoms with van der Waals surface area (Å²) in [6.07, 6.45) is 2.10. The number of aromatic nitrogens is 2. The summed E-state index contributed by atoms with van der Waals surface area (Å²) < 4.78 is 6.42. The fourth-order valence-electron chi connectivity index (χ4n) is 5.00. The van der Waals surface area contributed by atoms with E-state index in [1.54, 1.807) is 6.07 Å². The second kappa shape index (κ2) is 8.14. The molecule has 170 valence electrons. The smallest absolute Gasteiger partial charge is 0.270 e. The predicted molar refractivity (Wildman–Crippen MR) is 125 cm³/mol. The summed E-state index contributed by atoms with van der Waals surface area (Å²) in [6.45, 7) is 5.03. The maximum atomic E-state index is 12.9. The first-order valence-corrected chi connectivity index (χ1v) is 11.4. The van der Waals surface area contributed by atoms with Gasteiger partial charge in [0.1, 0.15) is 17.0 Å². The number of Topliss-reactive ketones (excluding diaryl/α,β-unsaturated/α-hetero) is 1. The number of ketones is 1. The monoisotopic (exact) mass is 445 g/mol. The number of benzene rings is 2. The highest BCUT2D eigenvalue weighted by atomic mass is 16.5. The van der Waals surface area contributed by atoms with E-state index in [9.17, 15) is 14.4 Å². The number of amides is 1. The lowest BCUT2D eigenvalue weighted by Crippen LogP contribution is -2.52. The normalized spacial score (nSPS) is 17.2. The zero-order chi connectivity index (χ0) is 23.2. The molecule has 33 heavy (non-hydrogen) atoms. The zero-order valence-corrected chi connectivity index (χ0v) is 18.9. The highest BCUT2D eigenvalue weighted by molar-refractivity contribution is 6.01. The standard InChI is InChI=1S/C26H27N3O4/c1-16-13-17(2)24-18(14-16)22(30)15-26(33-24)9-11-29(12-10-26)23(31)8-7-21-25(32)28-20-6-4-3-5-19(20)27-21/h3-6,13-14H,7-12,15H2,1-2H3,(H,28,32). The van der Waals surface area contributed by atoms with Crippen molar-refractivity contribution in [1.82, 2.24) is 14.9 Å². The van der Waals surface area contributed by atoms with Gasteiger partial charge in [-0.1, -0.05) is 18.2 Å². The lowest BCUT2D eigenvalue weighted by Gasteiger charge is -2.44. The molecule has 0 unspecified atom stereocenters. The van der Waals surface area contributed by atoms with Gasteiger partial charge in [-0.25, -0.2) is 4.98 Å². The van der Waals surface area contributed by atoms with Crippen LogP contribution in [0.3, 0.4) is 0 Å². The van der Waals surface area contributed by atoms with Gasteiger partial charge in [0.25, 0.3) is 5.56 Å². The molecule has 5 rings (SSSR count). The molecule has 0 atom stereocenters. The van der Waals surface area contributed by atoms with Gasteiger partial charge < -0.3 is 14.6 Å². The van der Waals surface area contributed by atoms with Crippen LogP contribution in [0.25, 0.3) is 11.0 Å². The van der Waals surface area contributed by atoms with Gasteiger partial charge in [0.2, 0.25) is 5.91 Å². The lowest BCUT2D eigenvalue weighted by molar-refractivity contribution is -0.134. The Kier molecular flexibility index (Phi) is 5.27. The van der Waals surface area contributed by atoms with E-state index in [1.165, 1.54) is 0 Å². The molecule has 1 amide bonds. The highest BCUT2D eigenvalue weighted by Gasteiger charge is 2.44. The molecule has 0 radical (unpaired) electrons. The van der Waals surface area contributed by atoms with Gasteiger partial charge in [-0.05, 0) is 43.2 Å². The molecule has 3 aromatic rings. The number of rotatable bonds is 3. The van der Waals surface area contributed by atoms with Crippen LogP contribution < -0.4 is 10.3 Å². The van der Waals surface area contributed by atoms with Gasteiger partial charge in [0, 0.05) is 38.8 Å². The summed E-state index contributed by atoms with van der Waals surface area (Å²) in [5, 5.41) is 0. The highest BCUT2D eigenvalue weighted by Crippen LogP contribution is 2.41. The number of fused-ring (bicyclic) bond motifs is 2. The Hall–Kier alpha value is -3.48. The van der Waals surface area contributed by atoms with Crippen molar-refractivity contribution >= 4 is 22.7 Å². The Bertz CT molecular complexity index is 1320. The summed E-state index contributed by atoms with van der Waals surface area (Å²) in [6, 6.07) is 11.3. The Morgan fingerprint density at radius 3 is 2.70 bits per heavy atom. The summed E-state index contributed by atoms with van der Waals surface area (Å²) >= 11 is 0.